The molecule has 0 aliphatic rings. The maximum Gasteiger partial charge on any atom is 0.142 e. The molecular formula is C14H16ClN3OS. The van der Waals surface area contributed by atoms with Crippen LogP contribution in [0.3, 0.4) is 0 Å². The number of aromatic nitrogens is 1. The molecule has 6 heteroatoms. The molecule has 0 aliphatic heterocycles. The van der Waals surface area contributed by atoms with Crippen molar-refractivity contribution < 1.29 is 4.74 Å². The Morgan fingerprint density at radius 2 is 2.05 bits per heavy atom. The van der Waals surface area contributed by atoms with E-state index in [4.69, 9.17) is 27.5 Å². The Balaban J connectivity index is 1.94. The third-order valence-corrected chi connectivity index (χ3v) is 4.33. The van der Waals surface area contributed by atoms with Crippen molar-refractivity contribution in [1.82, 2.24) is 4.98 Å². The molecule has 0 saturated carbocycles. The average molecular weight is 310 g/mol. The lowest BCUT2D eigenvalue weighted by atomic mass is 10.1. The van der Waals surface area contributed by atoms with Crippen LogP contribution in [0.1, 0.15) is 21.8 Å². The highest BCUT2D eigenvalue weighted by Gasteiger charge is 2.06. The second-order valence-corrected chi connectivity index (χ2v) is 5.83. The second kappa shape index (κ2) is 6.24. The Hall–Kier alpha value is -1.59. The van der Waals surface area contributed by atoms with Crippen LogP contribution in [0.5, 0.6) is 5.75 Å². The van der Waals surface area contributed by atoms with Gasteiger partial charge in [0.2, 0.25) is 0 Å². The highest BCUT2D eigenvalue weighted by molar-refractivity contribution is 7.09. The number of nitrogens with one attached hydrogen (secondary N) is 1. The molecule has 0 spiro atoms. The minimum Gasteiger partial charge on any atom is -0.493 e. The zero-order chi connectivity index (χ0) is 14.7. The standard InChI is InChI=1S/C14H16ClN3OS/c1-8-5-10(6-9(2)13(8)15)19-4-3-12-18-11(7-20-12)14(16)17/h5-7H,3-4H2,1-2H3,(H3,16,17). The van der Waals surface area contributed by atoms with Crippen LogP contribution >= 0.6 is 22.9 Å². The Bertz CT molecular complexity index is 616. The van der Waals surface area contributed by atoms with Gasteiger partial charge in [-0.2, -0.15) is 0 Å². The molecule has 2 rings (SSSR count). The van der Waals surface area contributed by atoms with Gasteiger partial charge in [-0.05, 0) is 37.1 Å². The number of hydrogen-bond donors (Lipinski definition) is 2. The van der Waals surface area contributed by atoms with Gasteiger partial charge in [-0.1, -0.05) is 11.6 Å². The Labute approximate surface area is 127 Å². The predicted octanol–water partition coefficient (Wildman–Crippen LogP) is 3.32. The van der Waals surface area contributed by atoms with Crippen molar-refractivity contribution in [2.75, 3.05) is 6.61 Å². The summed E-state index contributed by atoms with van der Waals surface area (Å²) in [6, 6.07) is 3.86. The fourth-order valence-electron chi connectivity index (χ4n) is 1.80. The number of aryl methyl sites for hydroxylation is 2. The summed E-state index contributed by atoms with van der Waals surface area (Å²) in [5.74, 6) is 0.810. The van der Waals surface area contributed by atoms with E-state index in [-0.39, 0.29) is 5.84 Å². The quantitative estimate of drug-likeness (QED) is 0.657. The second-order valence-electron chi connectivity index (χ2n) is 4.51. The van der Waals surface area contributed by atoms with E-state index in [1.54, 1.807) is 5.38 Å². The molecule has 0 aliphatic carbocycles. The predicted molar refractivity (Wildman–Crippen MR) is 83.3 cm³/mol. The third-order valence-electron chi connectivity index (χ3n) is 2.82. The molecule has 1 heterocycles. The van der Waals surface area contributed by atoms with Crippen molar-refractivity contribution in [3.05, 3.63) is 44.4 Å². The number of rotatable bonds is 5. The van der Waals surface area contributed by atoms with Crippen molar-refractivity contribution in [2.24, 2.45) is 5.73 Å². The molecule has 2 aromatic rings. The Morgan fingerprint density at radius 3 is 2.60 bits per heavy atom. The van der Waals surface area contributed by atoms with Gasteiger partial charge in [-0.15, -0.1) is 11.3 Å². The molecule has 0 amide bonds. The summed E-state index contributed by atoms with van der Waals surface area (Å²) in [5, 5.41) is 10.8. The number of nitrogens with two attached hydrogens (primary N) is 1. The zero-order valence-electron chi connectivity index (χ0n) is 11.4. The topological polar surface area (TPSA) is 72.0 Å². The highest BCUT2D eigenvalue weighted by Crippen LogP contribution is 2.26. The molecule has 3 N–H and O–H groups in total. The molecule has 0 bridgehead atoms. The molecule has 0 radical (unpaired) electrons. The number of nitrogens with zero attached hydrogens (tertiary/aromatic N) is 1. The van der Waals surface area contributed by atoms with E-state index in [0.717, 1.165) is 26.9 Å². The summed E-state index contributed by atoms with van der Waals surface area (Å²) < 4.78 is 5.72. The Kier molecular flexibility index (Phi) is 4.62. The molecular weight excluding hydrogens is 294 g/mol. The van der Waals surface area contributed by atoms with Gasteiger partial charge in [-0.3, -0.25) is 5.41 Å². The lowest BCUT2D eigenvalue weighted by Gasteiger charge is -2.09. The van der Waals surface area contributed by atoms with Gasteiger partial charge in [0, 0.05) is 16.8 Å². The van der Waals surface area contributed by atoms with Gasteiger partial charge in [0.1, 0.15) is 17.3 Å². The normalized spacial score (nSPS) is 10.6. The summed E-state index contributed by atoms with van der Waals surface area (Å²) >= 11 is 7.60. The van der Waals surface area contributed by atoms with Crippen LogP contribution in [0.25, 0.3) is 0 Å². The van der Waals surface area contributed by atoms with Crippen LogP contribution in [-0.4, -0.2) is 17.4 Å². The van der Waals surface area contributed by atoms with E-state index >= 15 is 0 Å². The molecule has 106 valence electrons. The fourth-order valence-corrected chi connectivity index (χ4v) is 2.68. The third kappa shape index (κ3) is 3.49. The molecule has 0 unspecified atom stereocenters. The van der Waals surface area contributed by atoms with E-state index in [9.17, 15) is 0 Å². The molecule has 0 atom stereocenters. The SMILES string of the molecule is Cc1cc(OCCc2nc(C(=N)N)cs2)cc(C)c1Cl. The Morgan fingerprint density at radius 1 is 1.40 bits per heavy atom. The summed E-state index contributed by atoms with van der Waals surface area (Å²) in [4.78, 5) is 4.26. The van der Waals surface area contributed by atoms with Crippen LogP contribution in [-0.2, 0) is 6.42 Å². The van der Waals surface area contributed by atoms with Gasteiger partial charge < -0.3 is 10.5 Å². The van der Waals surface area contributed by atoms with Crippen LogP contribution in [0.4, 0.5) is 0 Å². The van der Waals surface area contributed by atoms with Crippen molar-refractivity contribution in [2.45, 2.75) is 20.3 Å². The first-order valence-corrected chi connectivity index (χ1v) is 7.41. The fraction of sp³-hybridized carbons (Fsp3) is 0.286. The van der Waals surface area contributed by atoms with Crippen molar-refractivity contribution in [3.8, 4) is 5.75 Å². The number of hydrogen-bond acceptors (Lipinski definition) is 4. The average Bonchev–Trinajstić information content (AvgIpc) is 2.85. The molecule has 20 heavy (non-hydrogen) atoms. The molecule has 0 saturated heterocycles. The number of amidine groups is 1. The number of halogens is 1. The maximum absolute atomic E-state index is 7.31. The van der Waals surface area contributed by atoms with E-state index in [1.165, 1.54) is 11.3 Å². The van der Waals surface area contributed by atoms with Crippen LogP contribution in [0, 0.1) is 19.3 Å². The molecule has 1 aromatic carbocycles. The van der Waals surface area contributed by atoms with Gasteiger partial charge >= 0.3 is 0 Å². The summed E-state index contributed by atoms with van der Waals surface area (Å²) in [6.45, 7) is 4.45. The van der Waals surface area contributed by atoms with Crippen molar-refractivity contribution in [1.29, 1.82) is 5.41 Å². The summed E-state index contributed by atoms with van der Waals surface area (Å²) in [7, 11) is 0. The van der Waals surface area contributed by atoms with Crippen molar-refractivity contribution >= 4 is 28.8 Å². The minimum atomic E-state index is -0.00244. The monoisotopic (exact) mass is 309 g/mol. The van der Waals surface area contributed by atoms with Gasteiger partial charge in [-0.25, -0.2) is 4.98 Å². The number of benzene rings is 1. The van der Waals surface area contributed by atoms with Gasteiger partial charge in [0.15, 0.2) is 0 Å². The molecule has 0 fully saturated rings. The lowest BCUT2D eigenvalue weighted by Crippen LogP contribution is -2.11. The first-order valence-electron chi connectivity index (χ1n) is 6.15. The number of thiazole rings is 1. The number of ether oxygens (including phenoxy) is 1. The summed E-state index contributed by atoms with van der Waals surface area (Å²) in [6.07, 6.45) is 0.693. The zero-order valence-corrected chi connectivity index (χ0v) is 12.9. The van der Waals surface area contributed by atoms with E-state index < -0.39 is 0 Å². The van der Waals surface area contributed by atoms with Gasteiger partial charge in [0.25, 0.3) is 0 Å². The highest BCUT2D eigenvalue weighted by atomic mass is 35.5. The van der Waals surface area contributed by atoms with Crippen LogP contribution < -0.4 is 10.5 Å². The number of nitrogen functional groups attached to an aromatic ring is 1. The van der Waals surface area contributed by atoms with E-state index in [1.807, 2.05) is 26.0 Å². The summed E-state index contributed by atoms with van der Waals surface area (Å²) in [5.41, 5.74) is 7.93. The molecule has 1 aromatic heterocycles. The van der Waals surface area contributed by atoms with Crippen molar-refractivity contribution in [3.63, 3.8) is 0 Å². The first-order chi connectivity index (χ1) is 9.47. The van der Waals surface area contributed by atoms with E-state index in [2.05, 4.69) is 4.98 Å². The van der Waals surface area contributed by atoms with Gasteiger partial charge in [0.05, 0.1) is 11.6 Å². The smallest absolute Gasteiger partial charge is 0.142 e. The minimum absolute atomic E-state index is 0.00244. The lowest BCUT2D eigenvalue weighted by molar-refractivity contribution is 0.321. The largest absolute Gasteiger partial charge is 0.493 e. The van der Waals surface area contributed by atoms with E-state index in [0.29, 0.717) is 18.7 Å². The van der Waals surface area contributed by atoms with Crippen LogP contribution in [0.2, 0.25) is 5.02 Å². The first kappa shape index (κ1) is 14.8. The molecule has 4 nitrogen and oxygen atoms in total. The maximum atomic E-state index is 7.31. The van der Waals surface area contributed by atoms with Crippen LogP contribution in [0.15, 0.2) is 17.5 Å².